The van der Waals surface area contributed by atoms with Gasteiger partial charge >= 0.3 is 0 Å². The molecule has 0 bridgehead atoms. The molecule has 0 aromatic heterocycles. The van der Waals surface area contributed by atoms with Crippen molar-refractivity contribution in [2.45, 2.75) is 36.7 Å². The Morgan fingerprint density at radius 3 is 2.53 bits per heavy atom. The lowest BCUT2D eigenvalue weighted by molar-refractivity contribution is 0.0939. The molecule has 0 saturated heterocycles. The summed E-state index contributed by atoms with van der Waals surface area (Å²) in [5.41, 5.74) is 1.08. The maximum atomic E-state index is 12.8. The first-order valence-electron chi connectivity index (χ1n) is 9.78. The molecule has 1 amide bonds. The number of hydrogen-bond acceptors (Lipinski definition) is 6. The first-order chi connectivity index (χ1) is 14.4. The predicted molar refractivity (Wildman–Crippen MR) is 110 cm³/mol. The van der Waals surface area contributed by atoms with Crippen LogP contribution in [-0.2, 0) is 10.0 Å². The number of rotatable bonds is 7. The molecule has 1 aliphatic carbocycles. The van der Waals surface area contributed by atoms with Gasteiger partial charge in [-0.25, -0.2) is 13.1 Å². The van der Waals surface area contributed by atoms with Gasteiger partial charge < -0.3 is 19.5 Å². The summed E-state index contributed by atoms with van der Waals surface area (Å²) in [6.45, 7) is 2.84. The van der Waals surface area contributed by atoms with E-state index in [2.05, 4.69) is 10.0 Å². The molecule has 2 aromatic carbocycles. The summed E-state index contributed by atoms with van der Waals surface area (Å²) in [6, 6.07) is 9.52. The number of methoxy groups -OCH3 is 1. The first-order valence-corrected chi connectivity index (χ1v) is 11.3. The van der Waals surface area contributed by atoms with Crippen LogP contribution in [0.3, 0.4) is 0 Å². The van der Waals surface area contributed by atoms with Crippen molar-refractivity contribution in [3.8, 4) is 17.2 Å². The molecule has 0 unspecified atom stereocenters. The normalized spacial score (nSPS) is 16.6. The lowest BCUT2D eigenvalue weighted by atomic mass is 10.1. The molecule has 2 aliphatic rings. The zero-order chi connectivity index (χ0) is 21.3. The number of sulfonamides is 1. The summed E-state index contributed by atoms with van der Waals surface area (Å²) in [4.78, 5) is 12.8. The average molecular weight is 432 g/mol. The van der Waals surface area contributed by atoms with Gasteiger partial charge in [0.05, 0.1) is 13.2 Å². The Labute approximate surface area is 175 Å². The van der Waals surface area contributed by atoms with E-state index in [0.29, 0.717) is 24.7 Å². The molecular formula is C21H24N2O6S. The van der Waals surface area contributed by atoms with Gasteiger partial charge in [-0.3, -0.25) is 4.79 Å². The lowest BCUT2D eigenvalue weighted by Crippen LogP contribution is -2.28. The van der Waals surface area contributed by atoms with Crippen molar-refractivity contribution in [3.63, 3.8) is 0 Å². The molecule has 2 N–H and O–H groups in total. The summed E-state index contributed by atoms with van der Waals surface area (Å²) in [5, 5.41) is 2.90. The lowest BCUT2D eigenvalue weighted by Gasteiger charge is -2.21. The molecule has 2 aromatic rings. The minimum atomic E-state index is -3.77. The molecule has 1 fully saturated rings. The largest absolute Gasteiger partial charge is 0.495 e. The van der Waals surface area contributed by atoms with Crippen LogP contribution in [0, 0.1) is 0 Å². The highest BCUT2D eigenvalue weighted by atomic mass is 32.2. The van der Waals surface area contributed by atoms with Gasteiger partial charge in [-0.05, 0) is 55.7 Å². The summed E-state index contributed by atoms with van der Waals surface area (Å²) < 4.78 is 44.3. The maximum absolute atomic E-state index is 12.8. The topological polar surface area (TPSA) is 103 Å². The maximum Gasteiger partial charge on any atom is 0.251 e. The van der Waals surface area contributed by atoms with Crippen molar-refractivity contribution in [2.75, 3.05) is 20.3 Å². The van der Waals surface area contributed by atoms with Crippen LogP contribution in [-0.4, -0.2) is 40.7 Å². The quantitative estimate of drug-likeness (QED) is 0.697. The van der Waals surface area contributed by atoms with Gasteiger partial charge in [0.25, 0.3) is 5.91 Å². The monoisotopic (exact) mass is 432 g/mol. The molecule has 1 heterocycles. The number of hydrogen-bond donors (Lipinski definition) is 2. The van der Waals surface area contributed by atoms with E-state index < -0.39 is 10.0 Å². The van der Waals surface area contributed by atoms with E-state index in [1.54, 1.807) is 6.07 Å². The van der Waals surface area contributed by atoms with Crippen molar-refractivity contribution in [1.82, 2.24) is 10.0 Å². The van der Waals surface area contributed by atoms with E-state index in [4.69, 9.17) is 14.2 Å². The number of amides is 1. The molecule has 30 heavy (non-hydrogen) atoms. The van der Waals surface area contributed by atoms with E-state index in [9.17, 15) is 13.2 Å². The standard InChI is InChI=1S/C21H24N2O6S/c1-13(14-3-7-17-19(11-14)29-10-9-28-17)22-21(24)15-4-8-18(27-2)20(12-15)30(25,26)23-16-5-6-16/h3-4,7-8,11-13,16,23H,5-6,9-10H2,1-2H3,(H,22,24)/t13-/m1/s1. The SMILES string of the molecule is COc1ccc(C(=O)N[C@H](C)c2ccc3c(c2)OCCO3)cc1S(=O)(=O)NC1CC1. The van der Waals surface area contributed by atoms with Crippen LogP contribution in [0.5, 0.6) is 17.2 Å². The van der Waals surface area contributed by atoms with Crippen molar-refractivity contribution >= 4 is 15.9 Å². The Hall–Kier alpha value is -2.78. The fraction of sp³-hybridized carbons (Fsp3) is 0.381. The molecule has 1 saturated carbocycles. The number of fused-ring (bicyclic) bond motifs is 1. The molecule has 0 spiro atoms. The molecule has 9 heteroatoms. The van der Waals surface area contributed by atoms with Gasteiger partial charge in [0.1, 0.15) is 23.9 Å². The van der Waals surface area contributed by atoms with Crippen LogP contribution in [0.2, 0.25) is 0 Å². The zero-order valence-electron chi connectivity index (χ0n) is 16.8. The van der Waals surface area contributed by atoms with Gasteiger partial charge in [0.15, 0.2) is 11.5 Å². The third-order valence-electron chi connectivity index (χ3n) is 5.03. The molecule has 1 atom stereocenters. The predicted octanol–water partition coefficient (Wildman–Crippen LogP) is 2.40. The van der Waals surface area contributed by atoms with Gasteiger partial charge in [0.2, 0.25) is 10.0 Å². The van der Waals surface area contributed by atoms with Crippen LogP contribution in [0.25, 0.3) is 0 Å². The van der Waals surface area contributed by atoms with Crippen molar-refractivity contribution < 1.29 is 27.4 Å². The summed E-state index contributed by atoms with van der Waals surface area (Å²) in [7, 11) is -2.37. The third-order valence-corrected chi connectivity index (χ3v) is 6.57. The minimum absolute atomic E-state index is 0.0449. The fourth-order valence-electron chi connectivity index (χ4n) is 3.20. The van der Waals surface area contributed by atoms with Crippen LogP contribution < -0.4 is 24.2 Å². The van der Waals surface area contributed by atoms with Crippen LogP contribution >= 0.6 is 0 Å². The van der Waals surface area contributed by atoms with E-state index in [0.717, 1.165) is 18.4 Å². The highest BCUT2D eigenvalue weighted by Crippen LogP contribution is 2.33. The minimum Gasteiger partial charge on any atom is -0.495 e. The van der Waals surface area contributed by atoms with Crippen molar-refractivity contribution in [2.24, 2.45) is 0 Å². The molecule has 1 aliphatic heterocycles. The summed E-state index contributed by atoms with van der Waals surface area (Å²) in [5.74, 6) is 1.13. The molecule has 160 valence electrons. The van der Waals surface area contributed by atoms with E-state index in [1.807, 2.05) is 25.1 Å². The Morgan fingerprint density at radius 2 is 1.83 bits per heavy atom. The average Bonchev–Trinajstić information content (AvgIpc) is 3.56. The van der Waals surface area contributed by atoms with Crippen LogP contribution in [0.1, 0.15) is 41.7 Å². The Balaban J connectivity index is 1.53. The number of carbonyl (C=O) groups is 1. The second kappa shape index (κ2) is 8.16. The summed E-state index contributed by atoms with van der Waals surface area (Å²) in [6.07, 6.45) is 1.63. The Morgan fingerprint density at radius 1 is 1.10 bits per heavy atom. The second-order valence-corrected chi connectivity index (χ2v) is 9.04. The van der Waals surface area contributed by atoms with Crippen LogP contribution in [0.4, 0.5) is 0 Å². The second-order valence-electron chi connectivity index (χ2n) is 7.36. The molecule has 4 rings (SSSR count). The van der Waals surface area contributed by atoms with Crippen LogP contribution in [0.15, 0.2) is 41.3 Å². The first kappa shape index (κ1) is 20.5. The van der Waals surface area contributed by atoms with Gasteiger partial charge in [-0.15, -0.1) is 0 Å². The zero-order valence-corrected chi connectivity index (χ0v) is 17.6. The number of nitrogens with one attached hydrogen (secondary N) is 2. The third kappa shape index (κ3) is 4.36. The molecule has 0 radical (unpaired) electrons. The van der Waals surface area contributed by atoms with E-state index in [1.165, 1.54) is 19.2 Å². The summed E-state index contributed by atoms with van der Waals surface area (Å²) >= 11 is 0. The number of benzene rings is 2. The van der Waals surface area contributed by atoms with Gasteiger partial charge in [-0.2, -0.15) is 0 Å². The van der Waals surface area contributed by atoms with Crippen molar-refractivity contribution in [1.29, 1.82) is 0 Å². The molecule has 8 nitrogen and oxygen atoms in total. The smallest absolute Gasteiger partial charge is 0.251 e. The number of ether oxygens (including phenoxy) is 3. The highest BCUT2D eigenvalue weighted by molar-refractivity contribution is 7.89. The molecular weight excluding hydrogens is 408 g/mol. The van der Waals surface area contributed by atoms with Crippen molar-refractivity contribution in [3.05, 3.63) is 47.5 Å². The van der Waals surface area contributed by atoms with Gasteiger partial charge in [-0.1, -0.05) is 6.07 Å². The van der Waals surface area contributed by atoms with E-state index >= 15 is 0 Å². The Kier molecular flexibility index (Phi) is 5.57. The fourth-order valence-corrected chi connectivity index (χ4v) is 4.70. The highest BCUT2D eigenvalue weighted by Gasteiger charge is 2.30. The Bertz CT molecular complexity index is 1070. The van der Waals surface area contributed by atoms with E-state index in [-0.39, 0.29) is 34.2 Å². The van der Waals surface area contributed by atoms with Gasteiger partial charge in [0, 0.05) is 11.6 Å². The number of carbonyl (C=O) groups excluding carboxylic acids is 1.